The normalized spacial score (nSPS) is 19.5. The summed E-state index contributed by atoms with van der Waals surface area (Å²) < 4.78 is 5.46. The van der Waals surface area contributed by atoms with Crippen molar-refractivity contribution >= 4 is 11.6 Å². The molecule has 14 heavy (non-hydrogen) atoms. The minimum atomic E-state index is 0.475. The van der Waals surface area contributed by atoms with Crippen LogP contribution in [0.1, 0.15) is 55.9 Å². The smallest absolute Gasteiger partial charge is 0.181 e. The molecule has 78 valence electrons. The van der Waals surface area contributed by atoms with Crippen LogP contribution in [0.5, 0.6) is 0 Å². The van der Waals surface area contributed by atoms with E-state index in [2.05, 4.69) is 4.98 Å². The fourth-order valence-corrected chi connectivity index (χ4v) is 2.45. The number of hydrogen-bond acceptors (Lipinski definition) is 2. The standard InChI is InChI=1S/C11H16ClNO/c12-7-10-11(14-8-13-10)9-5-3-1-2-4-6-9/h8-9H,1-7H2. The summed E-state index contributed by atoms with van der Waals surface area (Å²) >= 11 is 5.81. The summed E-state index contributed by atoms with van der Waals surface area (Å²) in [7, 11) is 0. The van der Waals surface area contributed by atoms with Crippen LogP contribution < -0.4 is 0 Å². The van der Waals surface area contributed by atoms with Gasteiger partial charge in [0.25, 0.3) is 0 Å². The minimum absolute atomic E-state index is 0.475. The lowest BCUT2D eigenvalue weighted by Gasteiger charge is -2.11. The zero-order chi connectivity index (χ0) is 9.80. The largest absolute Gasteiger partial charge is 0.448 e. The van der Waals surface area contributed by atoms with Crippen molar-refractivity contribution in [1.29, 1.82) is 0 Å². The molecule has 2 rings (SSSR count). The quantitative estimate of drug-likeness (QED) is 0.551. The molecule has 0 atom stereocenters. The molecule has 0 amide bonds. The maximum Gasteiger partial charge on any atom is 0.181 e. The predicted molar refractivity (Wildman–Crippen MR) is 56.5 cm³/mol. The molecular formula is C11H16ClNO. The molecule has 0 aromatic carbocycles. The Morgan fingerprint density at radius 3 is 2.64 bits per heavy atom. The fourth-order valence-electron chi connectivity index (χ4n) is 2.25. The van der Waals surface area contributed by atoms with Crippen LogP contribution in [-0.2, 0) is 5.88 Å². The number of oxazole rings is 1. The molecule has 1 saturated carbocycles. The van der Waals surface area contributed by atoms with Crippen LogP contribution in [0, 0.1) is 0 Å². The van der Waals surface area contributed by atoms with Crippen molar-refractivity contribution in [2.45, 2.75) is 50.3 Å². The molecule has 0 N–H and O–H groups in total. The summed E-state index contributed by atoms with van der Waals surface area (Å²) in [5.41, 5.74) is 0.943. The summed E-state index contributed by atoms with van der Waals surface area (Å²) in [5.74, 6) is 2.08. The number of aromatic nitrogens is 1. The highest BCUT2D eigenvalue weighted by Crippen LogP contribution is 2.33. The van der Waals surface area contributed by atoms with E-state index in [9.17, 15) is 0 Å². The van der Waals surface area contributed by atoms with E-state index < -0.39 is 0 Å². The third-order valence-corrected chi connectivity index (χ3v) is 3.28. The van der Waals surface area contributed by atoms with Crippen molar-refractivity contribution < 1.29 is 4.42 Å². The Kier molecular flexibility index (Phi) is 3.46. The molecule has 0 unspecified atom stereocenters. The van der Waals surface area contributed by atoms with E-state index in [0.717, 1.165) is 11.5 Å². The molecule has 1 aliphatic carbocycles. The molecule has 0 radical (unpaired) electrons. The fraction of sp³-hybridized carbons (Fsp3) is 0.727. The van der Waals surface area contributed by atoms with Crippen LogP contribution in [0.2, 0.25) is 0 Å². The van der Waals surface area contributed by atoms with Crippen molar-refractivity contribution in [3.63, 3.8) is 0 Å². The lowest BCUT2D eigenvalue weighted by atomic mass is 9.96. The van der Waals surface area contributed by atoms with Crippen molar-refractivity contribution in [3.05, 3.63) is 17.8 Å². The second-order valence-electron chi connectivity index (χ2n) is 3.99. The summed E-state index contributed by atoms with van der Waals surface area (Å²) in [6.45, 7) is 0. The van der Waals surface area contributed by atoms with Crippen molar-refractivity contribution in [3.8, 4) is 0 Å². The third-order valence-electron chi connectivity index (χ3n) is 3.03. The van der Waals surface area contributed by atoms with E-state index in [1.54, 1.807) is 0 Å². The SMILES string of the molecule is ClCc1ncoc1C1CCCCCC1. The predicted octanol–water partition coefficient (Wildman–Crippen LogP) is 3.85. The molecule has 2 nitrogen and oxygen atoms in total. The first-order valence-corrected chi connectivity index (χ1v) is 5.93. The number of hydrogen-bond donors (Lipinski definition) is 0. The van der Waals surface area contributed by atoms with Gasteiger partial charge in [0, 0.05) is 5.92 Å². The zero-order valence-electron chi connectivity index (χ0n) is 8.34. The van der Waals surface area contributed by atoms with Gasteiger partial charge >= 0.3 is 0 Å². The second kappa shape index (κ2) is 4.83. The summed E-state index contributed by atoms with van der Waals surface area (Å²) in [6.07, 6.45) is 9.35. The van der Waals surface area contributed by atoms with E-state index >= 15 is 0 Å². The highest BCUT2D eigenvalue weighted by atomic mass is 35.5. The number of alkyl halides is 1. The van der Waals surface area contributed by atoms with Crippen molar-refractivity contribution in [2.24, 2.45) is 0 Å². The van der Waals surface area contributed by atoms with Gasteiger partial charge in [-0.15, -0.1) is 11.6 Å². The van der Waals surface area contributed by atoms with E-state index in [-0.39, 0.29) is 0 Å². The first kappa shape index (κ1) is 10.0. The summed E-state index contributed by atoms with van der Waals surface area (Å²) in [6, 6.07) is 0. The zero-order valence-corrected chi connectivity index (χ0v) is 9.09. The van der Waals surface area contributed by atoms with E-state index in [4.69, 9.17) is 16.0 Å². The first-order chi connectivity index (χ1) is 6.92. The maximum absolute atomic E-state index is 5.81. The maximum atomic E-state index is 5.81. The molecule has 1 aromatic rings. The van der Waals surface area contributed by atoms with Gasteiger partial charge in [-0.3, -0.25) is 0 Å². The number of nitrogens with zero attached hydrogens (tertiary/aromatic N) is 1. The molecule has 0 aliphatic heterocycles. The Balaban J connectivity index is 2.11. The van der Waals surface area contributed by atoms with E-state index in [1.165, 1.54) is 44.9 Å². The summed E-state index contributed by atoms with van der Waals surface area (Å²) in [4.78, 5) is 4.14. The van der Waals surface area contributed by atoms with Gasteiger partial charge in [0.1, 0.15) is 5.76 Å². The van der Waals surface area contributed by atoms with Gasteiger partial charge in [-0.1, -0.05) is 25.7 Å². The van der Waals surface area contributed by atoms with Crippen LogP contribution >= 0.6 is 11.6 Å². The molecular weight excluding hydrogens is 198 g/mol. The molecule has 0 saturated heterocycles. The molecule has 1 aromatic heterocycles. The Morgan fingerprint density at radius 2 is 2.00 bits per heavy atom. The average Bonchev–Trinajstić information content (AvgIpc) is 2.52. The lowest BCUT2D eigenvalue weighted by Crippen LogP contribution is -1.98. The lowest BCUT2D eigenvalue weighted by molar-refractivity contribution is 0.429. The molecule has 0 spiro atoms. The second-order valence-corrected chi connectivity index (χ2v) is 4.25. The summed E-state index contributed by atoms with van der Waals surface area (Å²) in [5, 5.41) is 0. The van der Waals surface area contributed by atoms with Gasteiger partial charge in [0.05, 0.1) is 11.6 Å². The molecule has 3 heteroatoms. The van der Waals surface area contributed by atoms with Crippen LogP contribution in [0.4, 0.5) is 0 Å². The van der Waals surface area contributed by atoms with Gasteiger partial charge < -0.3 is 4.42 Å². The van der Waals surface area contributed by atoms with Gasteiger partial charge in [-0.25, -0.2) is 4.98 Å². The third kappa shape index (κ3) is 2.11. The topological polar surface area (TPSA) is 26.0 Å². The van der Waals surface area contributed by atoms with Gasteiger partial charge in [0.15, 0.2) is 6.39 Å². The molecule has 0 bridgehead atoms. The monoisotopic (exact) mass is 213 g/mol. The Morgan fingerprint density at radius 1 is 1.29 bits per heavy atom. The highest BCUT2D eigenvalue weighted by molar-refractivity contribution is 6.16. The van der Waals surface area contributed by atoms with Crippen molar-refractivity contribution in [2.75, 3.05) is 0 Å². The minimum Gasteiger partial charge on any atom is -0.448 e. The van der Waals surface area contributed by atoms with Crippen LogP contribution in [-0.4, -0.2) is 4.98 Å². The van der Waals surface area contributed by atoms with E-state index in [0.29, 0.717) is 11.8 Å². The van der Waals surface area contributed by atoms with Gasteiger partial charge in [-0.05, 0) is 12.8 Å². The molecule has 1 aliphatic rings. The van der Waals surface area contributed by atoms with Gasteiger partial charge in [0.2, 0.25) is 0 Å². The Bertz CT molecular complexity index is 277. The molecule has 1 fully saturated rings. The number of rotatable bonds is 2. The van der Waals surface area contributed by atoms with Crippen molar-refractivity contribution in [1.82, 2.24) is 4.98 Å². The Labute approximate surface area is 89.7 Å². The van der Waals surface area contributed by atoms with Gasteiger partial charge in [-0.2, -0.15) is 0 Å². The Hall–Kier alpha value is -0.500. The van der Waals surface area contributed by atoms with E-state index in [1.807, 2.05) is 0 Å². The first-order valence-electron chi connectivity index (χ1n) is 5.40. The highest BCUT2D eigenvalue weighted by Gasteiger charge is 2.20. The van der Waals surface area contributed by atoms with Crippen LogP contribution in [0.3, 0.4) is 0 Å². The van der Waals surface area contributed by atoms with Crippen LogP contribution in [0.25, 0.3) is 0 Å². The number of halogens is 1. The van der Waals surface area contributed by atoms with Crippen LogP contribution in [0.15, 0.2) is 10.8 Å². The average molecular weight is 214 g/mol. The molecule has 1 heterocycles.